The Hall–Kier alpha value is -2.59. The van der Waals surface area contributed by atoms with Gasteiger partial charge in [-0.2, -0.15) is 26.3 Å². The third-order valence-electron chi connectivity index (χ3n) is 7.72. The monoisotopic (exact) mass is 529 g/mol. The average Bonchev–Trinajstić information content (AvgIpc) is 3.15. The van der Waals surface area contributed by atoms with Gasteiger partial charge in [0.1, 0.15) is 6.23 Å². The zero-order chi connectivity index (χ0) is 27.3. The van der Waals surface area contributed by atoms with E-state index in [0.29, 0.717) is 25.0 Å². The number of rotatable bonds is 4. The van der Waals surface area contributed by atoms with Crippen LogP contribution in [-0.2, 0) is 21.9 Å². The van der Waals surface area contributed by atoms with Crippen LogP contribution in [0.2, 0.25) is 0 Å². The molecule has 10 heteroatoms. The first-order valence-electron chi connectivity index (χ1n) is 12.1. The molecule has 1 heterocycles. The third-order valence-corrected chi connectivity index (χ3v) is 7.72. The number of aryl methyl sites for hydroxylation is 1. The minimum absolute atomic E-state index is 0.105. The van der Waals surface area contributed by atoms with Crippen molar-refractivity contribution in [1.29, 1.82) is 0 Å². The van der Waals surface area contributed by atoms with Gasteiger partial charge in [0.2, 0.25) is 5.91 Å². The van der Waals surface area contributed by atoms with Crippen molar-refractivity contribution in [3.8, 4) is 0 Å². The molecular formula is C27H29F6NO3. The summed E-state index contributed by atoms with van der Waals surface area (Å²) in [6.45, 7) is 5.03. The molecule has 2 aliphatic rings. The highest BCUT2D eigenvalue weighted by atomic mass is 19.4. The molecule has 4 rings (SSSR count). The van der Waals surface area contributed by atoms with Crippen LogP contribution in [0.15, 0.2) is 42.5 Å². The van der Waals surface area contributed by atoms with Crippen molar-refractivity contribution < 1.29 is 41.0 Å². The van der Waals surface area contributed by atoms with Crippen LogP contribution in [0.1, 0.15) is 66.5 Å². The number of carbonyl (C=O) groups is 1. The Morgan fingerprint density at radius 3 is 2.14 bits per heavy atom. The highest BCUT2D eigenvalue weighted by molar-refractivity contribution is 5.73. The number of halogens is 6. The van der Waals surface area contributed by atoms with Crippen molar-refractivity contribution in [2.75, 3.05) is 6.54 Å². The molecule has 202 valence electrons. The summed E-state index contributed by atoms with van der Waals surface area (Å²) in [7, 11) is 0. The van der Waals surface area contributed by atoms with Gasteiger partial charge in [0.05, 0.1) is 23.3 Å². The number of amides is 1. The van der Waals surface area contributed by atoms with Crippen LogP contribution < -0.4 is 0 Å². The van der Waals surface area contributed by atoms with E-state index in [1.54, 1.807) is 0 Å². The molecule has 0 aromatic heterocycles. The SMILES string of the molecule is CC(=O)N1C[C@H]2[C@H](c3ccccc3C)[C@@H](O[C@H](C)c3cc(C(F)(F)F)cc(C(F)(F)F)c3)CC[C@@H]2C1O. The van der Waals surface area contributed by atoms with Gasteiger partial charge in [-0.05, 0) is 67.5 Å². The van der Waals surface area contributed by atoms with Crippen molar-refractivity contribution in [3.63, 3.8) is 0 Å². The number of fused-ring (bicyclic) bond motifs is 1. The first kappa shape index (κ1) is 27.4. The summed E-state index contributed by atoms with van der Waals surface area (Å²) >= 11 is 0. The van der Waals surface area contributed by atoms with Crippen molar-refractivity contribution in [1.82, 2.24) is 4.90 Å². The number of aliphatic hydroxyl groups is 1. The number of nitrogens with zero attached hydrogens (tertiary/aromatic N) is 1. The Balaban J connectivity index is 1.70. The third kappa shape index (κ3) is 5.50. The van der Waals surface area contributed by atoms with E-state index in [-0.39, 0.29) is 41.8 Å². The number of benzene rings is 2. The predicted molar refractivity (Wildman–Crippen MR) is 123 cm³/mol. The highest BCUT2D eigenvalue weighted by Crippen LogP contribution is 2.50. The summed E-state index contributed by atoms with van der Waals surface area (Å²) in [6, 6.07) is 9.05. The van der Waals surface area contributed by atoms with Gasteiger partial charge in [-0.1, -0.05) is 24.3 Å². The van der Waals surface area contributed by atoms with E-state index >= 15 is 0 Å². The second kappa shape index (κ2) is 9.94. The summed E-state index contributed by atoms with van der Waals surface area (Å²) < 4.78 is 86.7. The smallest absolute Gasteiger partial charge is 0.373 e. The van der Waals surface area contributed by atoms with Crippen molar-refractivity contribution in [2.45, 2.75) is 70.3 Å². The second-order valence-electron chi connectivity index (χ2n) is 10.0. The molecule has 6 atom stereocenters. The molecule has 1 aliphatic heterocycles. The Morgan fingerprint density at radius 2 is 1.59 bits per heavy atom. The summed E-state index contributed by atoms with van der Waals surface area (Å²) in [6.07, 6.45) is -11.5. The molecule has 1 unspecified atom stereocenters. The lowest BCUT2D eigenvalue weighted by atomic mass is 9.68. The first-order valence-corrected chi connectivity index (χ1v) is 12.1. The van der Waals surface area contributed by atoms with E-state index in [1.807, 2.05) is 31.2 Å². The van der Waals surface area contributed by atoms with E-state index in [0.717, 1.165) is 11.1 Å². The molecule has 1 N–H and O–H groups in total. The molecule has 1 saturated heterocycles. The predicted octanol–water partition coefficient (Wildman–Crippen LogP) is 6.47. The standard InChI is InChI=1S/C27H29F6NO3/c1-14-6-4-5-7-20(14)24-22-13-34(16(3)35)25(36)21(22)8-9-23(24)37-15(2)17-10-18(26(28,29)30)12-19(11-17)27(31,32)33/h4-7,10-12,15,21-25,36H,8-9,13H2,1-3H3/t15-,21+,22-,23+,24+,25?/m1/s1. The van der Waals surface area contributed by atoms with Crippen LogP contribution in [0.25, 0.3) is 0 Å². The van der Waals surface area contributed by atoms with Gasteiger partial charge in [-0.25, -0.2) is 0 Å². The van der Waals surface area contributed by atoms with Crippen LogP contribution in [0.4, 0.5) is 26.3 Å². The minimum Gasteiger partial charge on any atom is -0.373 e. The van der Waals surface area contributed by atoms with Crippen molar-refractivity contribution in [2.24, 2.45) is 11.8 Å². The van der Waals surface area contributed by atoms with Crippen molar-refractivity contribution >= 4 is 5.91 Å². The molecule has 4 nitrogen and oxygen atoms in total. The summed E-state index contributed by atoms with van der Waals surface area (Å²) in [5.74, 6) is -0.971. The maximum absolute atomic E-state index is 13.4. The van der Waals surface area contributed by atoms with Crippen LogP contribution in [-0.4, -0.2) is 34.8 Å². The van der Waals surface area contributed by atoms with E-state index in [1.165, 1.54) is 18.7 Å². The second-order valence-corrected chi connectivity index (χ2v) is 10.0. The van der Waals surface area contributed by atoms with E-state index in [9.17, 15) is 36.2 Å². The molecule has 0 spiro atoms. The van der Waals surface area contributed by atoms with Gasteiger partial charge in [-0.15, -0.1) is 0 Å². The number of carbonyl (C=O) groups excluding carboxylic acids is 1. The molecule has 1 amide bonds. The fraction of sp³-hybridized carbons (Fsp3) is 0.519. The molecular weight excluding hydrogens is 500 g/mol. The fourth-order valence-corrected chi connectivity index (χ4v) is 5.89. The average molecular weight is 530 g/mol. The molecule has 1 saturated carbocycles. The largest absolute Gasteiger partial charge is 0.416 e. The van der Waals surface area contributed by atoms with Gasteiger partial charge < -0.3 is 14.7 Å². The number of hydrogen-bond donors (Lipinski definition) is 1. The Morgan fingerprint density at radius 1 is 1.00 bits per heavy atom. The van der Waals surface area contributed by atoms with Gasteiger partial charge in [0.15, 0.2) is 0 Å². The molecule has 0 bridgehead atoms. The zero-order valence-electron chi connectivity index (χ0n) is 20.6. The van der Waals surface area contributed by atoms with Gasteiger partial charge in [0, 0.05) is 25.3 Å². The normalized spacial score (nSPS) is 27.2. The quantitative estimate of drug-likeness (QED) is 0.462. The van der Waals surface area contributed by atoms with Crippen LogP contribution in [0.5, 0.6) is 0 Å². The number of alkyl halides is 6. The lowest BCUT2D eigenvalue weighted by Gasteiger charge is -2.41. The van der Waals surface area contributed by atoms with Gasteiger partial charge in [0.25, 0.3) is 0 Å². The Bertz CT molecular complexity index is 1120. The van der Waals surface area contributed by atoms with Crippen LogP contribution in [0, 0.1) is 18.8 Å². The number of ether oxygens (including phenoxy) is 1. The highest BCUT2D eigenvalue weighted by Gasteiger charge is 2.51. The Labute approximate surface area is 211 Å². The lowest BCUT2D eigenvalue weighted by Crippen LogP contribution is -2.40. The molecule has 0 radical (unpaired) electrons. The molecule has 37 heavy (non-hydrogen) atoms. The van der Waals surface area contributed by atoms with Gasteiger partial charge in [-0.3, -0.25) is 4.79 Å². The summed E-state index contributed by atoms with van der Waals surface area (Å²) in [5, 5.41) is 10.8. The maximum Gasteiger partial charge on any atom is 0.416 e. The number of likely N-dealkylation sites (tertiary alicyclic amines) is 1. The fourth-order valence-electron chi connectivity index (χ4n) is 5.89. The lowest BCUT2D eigenvalue weighted by molar-refractivity contribution is -0.143. The zero-order valence-corrected chi connectivity index (χ0v) is 20.6. The summed E-state index contributed by atoms with van der Waals surface area (Å²) in [5.41, 5.74) is -1.12. The number of hydrogen-bond acceptors (Lipinski definition) is 3. The molecule has 2 fully saturated rings. The summed E-state index contributed by atoms with van der Waals surface area (Å²) in [4.78, 5) is 13.5. The van der Waals surface area contributed by atoms with Gasteiger partial charge >= 0.3 is 12.4 Å². The van der Waals surface area contributed by atoms with E-state index < -0.39 is 41.9 Å². The molecule has 2 aromatic rings. The van der Waals surface area contributed by atoms with Crippen LogP contribution in [0.3, 0.4) is 0 Å². The van der Waals surface area contributed by atoms with Crippen molar-refractivity contribution in [3.05, 3.63) is 70.3 Å². The number of aliphatic hydroxyl groups excluding tert-OH is 1. The van der Waals surface area contributed by atoms with E-state index in [2.05, 4.69) is 0 Å². The minimum atomic E-state index is -4.95. The molecule has 2 aromatic carbocycles. The van der Waals surface area contributed by atoms with Crippen LogP contribution >= 0.6 is 0 Å². The topological polar surface area (TPSA) is 49.8 Å². The first-order chi connectivity index (χ1) is 17.2. The maximum atomic E-state index is 13.4. The molecule has 1 aliphatic carbocycles. The Kier molecular flexibility index (Phi) is 7.38. The van der Waals surface area contributed by atoms with E-state index in [4.69, 9.17) is 4.74 Å².